The van der Waals surface area contributed by atoms with Crippen LogP contribution in [0.15, 0.2) is 5.38 Å². The zero-order valence-electron chi connectivity index (χ0n) is 9.76. The number of likely N-dealkylation sites (N-methyl/N-ethyl adjacent to an activating group) is 1. The Kier molecular flexibility index (Phi) is 5.32. The molecule has 0 radical (unpaired) electrons. The van der Waals surface area contributed by atoms with E-state index in [9.17, 15) is 4.79 Å². The van der Waals surface area contributed by atoms with Crippen LogP contribution in [0.1, 0.15) is 15.5 Å². The number of hydrogen-bond donors (Lipinski definition) is 1. The van der Waals surface area contributed by atoms with Crippen molar-refractivity contribution < 1.29 is 4.79 Å². The standard InChI is InChI=1S/C10H16N4OS.ClH/c1-13-2-4-14(5-3-13)10(15)8-7-16-9(6-11)12-8;/h7H,2-6,11H2,1H3;1H. The lowest BCUT2D eigenvalue weighted by molar-refractivity contribution is 0.0659. The number of carbonyl (C=O) groups excluding carboxylic acids is 1. The van der Waals surface area contributed by atoms with Crippen molar-refractivity contribution >= 4 is 29.7 Å². The lowest BCUT2D eigenvalue weighted by Crippen LogP contribution is -2.47. The molecular formula is C10H17ClN4OS. The Hall–Kier alpha value is -0.690. The molecule has 0 bridgehead atoms. The fourth-order valence-corrected chi connectivity index (χ4v) is 2.32. The maximum absolute atomic E-state index is 12.0. The van der Waals surface area contributed by atoms with Crippen molar-refractivity contribution in [1.29, 1.82) is 0 Å². The molecule has 0 spiro atoms. The van der Waals surface area contributed by atoms with Gasteiger partial charge >= 0.3 is 0 Å². The van der Waals surface area contributed by atoms with Gasteiger partial charge in [-0.3, -0.25) is 4.79 Å². The van der Waals surface area contributed by atoms with Crippen LogP contribution < -0.4 is 5.73 Å². The van der Waals surface area contributed by atoms with Gasteiger partial charge in [-0.1, -0.05) is 0 Å². The van der Waals surface area contributed by atoms with Crippen molar-refractivity contribution in [3.05, 3.63) is 16.1 Å². The highest BCUT2D eigenvalue weighted by molar-refractivity contribution is 7.09. The number of nitrogens with zero attached hydrogens (tertiary/aromatic N) is 3. The number of nitrogens with two attached hydrogens (primary N) is 1. The molecule has 2 rings (SSSR count). The topological polar surface area (TPSA) is 62.5 Å². The first-order valence-corrected chi connectivity index (χ1v) is 6.21. The normalized spacial score (nSPS) is 16.7. The van der Waals surface area contributed by atoms with E-state index >= 15 is 0 Å². The molecule has 1 fully saturated rings. The van der Waals surface area contributed by atoms with Gasteiger partial charge in [0.15, 0.2) is 0 Å². The highest BCUT2D eigenvalue weighted by Gasteiger charge is 2.21. The Morgan fingerprint density at radius 3 is 2.65 bits per heavy atom. The molecule has 1 amide bonds. The lowest BCUT2D eigenvalue weighted by Gasteiger charge is -2.31. The molecule has 17 heavy (non-hydrogen) atoms. The van der Waals surface area contributed by atoms with Crippen molar-refractivity contribution in [3.63, 3.8) is 0 Å². The van der Waals surface area contributed by atoms with Crippen molar-refractivity contribution in [3.8, 4) is 0 Å². The van der Waals surface area contributed by atoms with Crippen LogP contribution in [0.2, 0.25) is 0 Å². The van der Waals surface area contributed by atoms with Gasteiger partial charge in [-0.2, -0.15) is 0 Å². The summed E-state index contributed by atoms with van der Waals surface area (Å²) < 4.78 is 0. The third-order valence-corrected chi connectivity index (χ3v) is 3.61. The fourth-order valence-electron chi connectivity index (χ4n) is 1.67. The molecule has 0 aromatic carbocycles. The van der Waals surface area contributed by atoms with Crippen LogP contribution in [0, 0.1) is 0 Å². The molecule has 1 aliphatic heterocycles. The van der Waals surface area contributed by atoms with Gasteiger partial charge in [0.1, 0.15) is 10.7 Å². The zero-order valence-corrected chi connectivity index (χ0v) is 11.4. The van der Waals surface area contributed by atoms with E-state index in [1.807, 2.05) is 4.90 Å². The molecule has 0 atom stereocenters. The maximum Gasteiger partial charge on any atom is 0.273 e. The van der Waals surface area contributed by atoms with Crippen LogP contribution >= 0.6 is 23.7 Å². The minimum Gasteiger partial charge on any atom is -0.335 e. The molecule has 1 aromatic rings. The summed E-state index contributed by atoms with van der Waals surface area (Å²) in [5, 5.41) is 2.61. The third-order valence-electron chi connectivity index (χ3n) is 2.74. The first kappa shape index (κ1) is 14.4. The molecular weight excluding hydrogens is 260 g/mol. The van der Waals surface area contributed by atoms with E-state index in [1.165, 1.54) is 11.3 Å². The Labute approximate surface area is 111 Å². The molecule has 2 N–H and O–H groups in total. The van der Waals surface area contributed by atoms with Gasteiger partial charge in [0, 0.05) is 38.1 Å². The molecule has 1 aliphatic rings. The molecule has 0 unspecified atom stereocenters. The average Bonchev–Trinajstić information content (AvgIpc) is 2.77. The van der Waals surface area contributed by atoms with E-state index in [1.54, 1.807) is 5.38 Å². The van der Waals surface area contributed by atoms with Crippen molar-refractivity contribution in [2.75, 3.05) is 33.2 Å². The molecule has 2 heterocycles. The van der Waals surface area contributed by atoms with Gasteiger partial charge in [-0.15, -0.1) is 23.7 Å². The summed E-state index contributed by atoms with van der Waals surface area (Å²) in [5.74, 6) is 0.0315. The second-order valence-electron chi connectivity index (χ2n) is 3.93. The zero-order chi connectivity index (χ0) is 11.5. The van der Waals surface area contributed by atoms with E-state index in [0.717, 1.165) is 31.2 Å². The number of thiazole rings is 1. The van der Waals surface area contributed by atoms with Crippen LogP contribution in [0.4, 0.5) is 0 Å². The number of hydrogen-bond acceptors (Lipinski definition) is 5. The first-order valence-electron chi connectivity index (χ1n) is 5.33. The number of halogens is 1. The molecule has 96 valence electrons. The average molecular weight is 277 g/mol. The molecule has 7 heteroatoms. The minimum absolute atomic E-state index is 0. The predicted octanol–water partition coefficient (Wildman–Crippen LogP) is 0.411. The summed E-state index contributed by atoms with van der Waals surface area (Å²) in [6, 6.07) is 0. The van der Waals surface area contributed by atoms with E-state index < -0.39 is 0 Å². The maximum atomic E-state index is 12.0. The quantitative estimate of drug-likeness (QED) is 0.850. The van der Waals surface area contributed by atoms with Crippen molar-refractivity contribution in [1.82, 2.24) is 14.8 Å². The largest absolute Gasteiger partial charge is 0.335 e. The van der Waals surface area contributed by atoms with Gasteiger partial charge in [-0.25, -0.2) is 4.98 Å². The number of piperazine rings is 1. The second kappa shape index (κ2) is 6.30. The van der Waals surface area contributed by atoms with Gasteiger partial charge in [0.05, 0.1) is 0 Å². The second-order valence-corrected chi connectivity index (χ2v) is 4.87. The van der Waals surface area contributed by atoms with Crippen molar-refractivity contribution in [2.24, 2.45) is 5.73 Å². The Morgan fingerprint density at radius 1 is 1.47 bits per heavy atom. The Bertz CT molecular complexity index is 376. The van der Waals surface area contributed by atoms with Gasteiger partial charge in [0.25, 0.3) is 5.91 Å². The fraction of sp³-hybridized carbons (Fsp3) is 0.600. The summed E-state index contributed by atoms with van der Waals surface area (Å²) in [4.78, 5) is 20.3. The van der Waals surface area contributed by atoms with Crippen molar-refractivity contribution in [2.45, 2.75) is 6.54 Å². The predicted molar refractivity (Wildman–Crippen MR) is 70.7 cm³/mol. The summed E-state index contributed by atoms with van der Waals surface area (Å²) in [6.45, 7) is 3.83. The minimum atomic E-state index is 0. The molecule has 1 saturated heterocycles. The molecule has 0 aliphatic carbocycles. The molecule has 1 aromatic heterocycles. The SMILES string of the molecule is CN1CCN(C(=O)c2csc(CN)n2)CC1.Cl. The van der Waals surface area contributed by atoms with E-state index in [-0.39, 0.29) is 18.3 Å². The number of aromatic nitrogens is 1. The molecule has 0 saturated carbocycles. The van der Waals surface area contributed by atoms with Crippen LogP contribution in [0.5, 0.6) is 0 Å². The summed E-state index contributed by atoms with van der Waals surface area (Å²) >= 11 is 1.45. The van der Waals surface area contributed by atoms with Crippen LogP contribution in [-0.2, 0) is 6.54 Å². The lowest BCUT2D eigenvalue weighted by atomic mass is 10.3. The summed E-state index contributed by atoms with van der Waals surface area (Å²) in [7, 11) is 2.07. The summed E-state index contributed by atoms with van der Waals surface area (Å²) in [5.41, 5.74) is 6.01. The van der Waals surface area contributed by atoms with Crippen LogP contribution in [0.3, 0.4) is 0 Å². The summed E-state index contributed by atoms with van der Waals surface area (Å²) in [6.07, 6.45) is 0. The van der Waals surface area contributed by atoms with Crippen LogP contribution in [-0.4, -0.2) is 53.9 Å². The monoisotopic (exact) mass is 276 g/mol. The van der Waals surface area contributed by atoms with Crippen LogP contribution in [0.25, 0.3) is 0 Å². The van der Waals surface area contributed by atoms with Gasteiger partial charge < -0.3 is 15.5 Å². The van der Waals surface area contributed by atoms with E-state index in [4.69, 9.17) is 5.73 Å². The van der Waals surface area contributed by atoms with E-state index in [0.29, 0.717) is 12.2 Å². The number of rotatable bonds is 2. The highest BCUT2D eigenvalue weighted by Crippen LogP contribution is 2.12. The smallest absolute Gasteiger partial charge is 0.273 e. The molecule has 5 nitrogen and oxygen atoms in total. The highest BCUT2D eigenvalue weighted by atomic mass is 35.5. The number of carbonyl (C=O) groups is 1. The third kappa shape index (κ3) is 3.38. The first-order chi connectivity index (χ1) is 7.70. The number of amides is 1. The Balaban J connectivity index is 0.00000144. The van der Waals surface area contributed by atoms with Gasteiger partial charge in [0.2, 0.25) is 0 Å². The Morgan fingerprint density at radius 2 is 2.12 bits per heavy atom. The van der Waals surface area contributed by atoms with E-state index in [2.05, 4.69) is 16.9 Å². The van der Waals surface area contributed by atoms with Gasteiger partial charge in [-0.05, 0) is 7.05 Å².